The van der Waals surface area contributed by atoms with Crippen LogP contribution in [0.1, 0.15) is 19.4 Å². The Morgan fingerprint density at radius 1 is 1.23 bits per heavy atom. The fourth-order valence-electron chi connectivity index (χ4n) is 2.26. The van der Waals surface area contributed by atoms with E-state index < -0.39 is 14.9 Å². The molecule has 9 nitrogen and oxygen atoms in total. The van der Waals surface area contributed by atoms with Crippen LogP contribution in [-0.4, -0.2) is 41.9 Å². The number of hydrogen-bond donors (Lipinski definition) is 1. The second kappa shape index (κ2) is 8.50. The van der Waals surface area contributed by atoms with Gasteiger partial charge in [-0.2, -0.15) is 9.41 Å². The van der Waals surface area contributed by atoms with Gasteiger partial charge in [0.25, 0.3) is 5.69 Å². The molecule has 0 radical (unpaired) electrons. The molecule has 0 saturated heterocycles. The highest BCUT2D eigenvalue weighted by Gasteiger charge is 2.27. The smallest absolute Gasteiger partial charge is 0.270 e. The van der Waals surface area contributed by atoms with Crippen LogP contribution in [0, 0.1) is 10.1 Å². The number of sulfonamides is 1. The number of rotatable bonds is 8. The van der Waals surface area contributed by atoms with Crippen LogP contribution in [0.5, 0.6) is 0 Å². The molecule has 0 aliphatic carbocycles. The second-order valence-electron chi connectivity index (χ2n) is 5.18. The van der Waals surface area contributed by atoms with Gasteiger partial charge in [0.15, 0.2) is 0 Å². The van der Waals surface area contributed by atoms with Crippen LogP contribution in [0.15, 0.2) is 52.7 Å². The van der Waals surface area contributed by atoms with E-state index in [1.165, 1.54) is 22.7 Å². The van der Waals surface area contributed by atoms with E-state index in [0.717, 1.165) is 11.6 Å². The van der Waals surface area contributed by atoms with Gasteiger partial charge in [0.1, 0.15) is 4.90 Å². The number of anilines is 1. The average molecular weight is 377 g/mol. The summed E-state index contributed by atoms with van der Waals surface area (Å²) in [6.07, 6.45) is 4.70. The highest BCUT2D eigenvalue weighted by Crippen LogP contribution is 2.29. The first kappa shape index (κ1) is 19.5. The molecule has 0 atom stereocenters. The van der Waals surface area contributed by atoms with Crippen LogP contribution in [0.4, 0.5) is 11.4 Å². The summed E-state index contributed by atoms with van der Waals surface area (Å²) < 4.78 is 26.9. The molecule has 1 heterocycles. The fourth-order valence-corrected chi connectivity index (χ4v) is 3.88. The zero-order valence-corrected chi connectivity index (χ0v) is 15.2. The number of hydrogen-bond acceptors (Lipinski definition) is 7. The number of benzene rings is 1. The molecule has 0 aliphatic rings. The van der Waals surface area contributed by atoms with Crippen molar-refractivity contribution in [1.82, 2.24) is 9.29 Å². The fraction of sp³-hybridized carbons (Fsp3) is 0.250. The monoisotopic (exact) mass is 377 g/mol. The van der Waals surface area contributed by atoms with Gasteiger partial charge >= 0.3 is 0 Å². The number of aromatic nitrogens is 1. The average Bonchev–Trinajstić information content (AvgIpc) is 2.63. The van der Waals surface area contributed by atoms with Gasteiger partial charge < -0.3 is 0 Å². The Hall–Kier alpha value is -2.85. The summed E-state index contributed by atoms with van der Waals surface area (Å²) in [5, 5.41) is 15.1. The van der Waals surface area contributed by atoms with Crippen molar-refractivity contribution in [3.63, 3.8) is 0 Å². The molecular weight excluding hydrogens is 358 g/mol. The summed E-state index contributed by atoms with van der Waals surface area (Å²) in [5.74, 6) is 0. The lowest BCUT2D eigenvalue weighted by atomic mass is 10.3. The molecule has 0 bridgehead atoms. The molecule has 0 spiro atoms. The molecule has 1 aromatic carbocycles. The van der Waals surface area contributed by atoms with Gasteiger partial charge in [0.05, 0.1) is 16.8 Å². The Bertz CT molecular complexity index is 896. The third kappa shape index (κ3) is 4.41. The number of non-ortho nitro benzene ring substituents is 1. The summed E-state index contributed by atoms with van der Waals surface area (Å²) in [7, 11) is -3.90. The molecule has 0 aliphatic heterocycles. The van der Waals surface area contributed by atoms with Crippen LogP contribution in [-0.2, 0) is 10.0 Å². The molecule has 1 aromatic heterocycles. The number of nitrogens with zero attached hydrogens (tertiary/aromatic N) is 4. The van der Waals surface area contributed by atoms with Crippen molar-refractivity contribution < 1.29 is 13.3 Å². The van der Waals surface area contributed by atoms with Crippen LogP contribution in [0.25, 0.3) is 0 Å². The first-order chi connectivity index (χ1) is 12.4. The molecule has 0 fully saturated rings. The third-order valence-corrected chi connectivity index (χ3v) is 5.69. The maximum atomic E-state index is 12.8. The topological polar surface area (TPSA) is 118 Å². The maximum absolute atomic E-state index is 12.8. The summed E-state index contributed by atoms with van der Waals surface area (Å²) >= 11 is 0. The van der Waals surface area contributed by atoms with Crippen molar-refractivity contribution in [2.45, 2.75) is 18.7 Å². The Balaban J connectivity index is 2.42. The second-order valence-corrected chi connectivity index (χ2v) is 7.08. The van der Waals surface area contributed by atoms with Gasteiger partial charge in [-0.25, -0.2) is 8.42 Å². The van der Waals surface area contributed by atoms with E-state index in [1.54, 1.807) is 38.4 Å². The van der Waals surface area contributed by atoms with Gasteiger partial charge in [-0.05, 0) is 23.8 Å². The predicted octanol–water partition coefficient (Wildman–Crippen LogP) is 2.47. The number of nitro groups is 1. The lowest BCUT2D eigenvalue weighted by Gasteiger charge is -2.20. The van der Waals surface area contributed by atoms with Gasteiger partial charge in [0, 0.05) is 37.6 Å². The number of nitro benzene ring substituents is 1. The van der Waals surface area contributed by atoms with Crippen molar-refractivity contribution in [1.29, 1.82) is 0 Å². The molecule has 2 aromatic rings. The van der Waals surface area contributed by atoms with Gasteiger partial charge in [-0.15, -0.1) is 0 Å². The van der Waals surface area contributed by atoms with Crippen molar-refractivity contribution in [3.05, 3.63) is 58.4 Å². The molecule has 2 rings (SSSR count). The minimum absolute atomic E-state index is 0.160. The minimum Gasteiger partial charge on any atom is -0.277 e. The molecule has 1 N–H and O–H groups in total. The van der Waals surface area contributed by atoms with Gasteiger partial charge in [0.2, 0.25) is 10.0 Å². The van der Waals surface area contributed by atoms with Crippen molar-refractivity contribution in [2.24, 2.45) is 5.10 Å². The summed E-state index contributed by atoms with van der Waals surface area (Å²) in [6.45, 7) is 3.91. The standard InChI is InChI=1S/C16H19N5O4S/c1-3-20(4-2)26(24,25)16-11-14(21(22)23)5-6-15(16)19-18-12-13-7-9-17-10-8-13/h5-12,19H,3-4H2,1-2H3/b18-12+. The highest BCUT2D eigenvalue weighted by atomic mass is 32.2. The lowest BCUT2D eigenvalue weighted by Crippen LogP contribution is -2.31. The van der Waals surface area contributed by atoms with E-state index in [9.17, 15) is 18.5 Å². The minimum atomic E-state index is -3.90. The largest absolute Gasteiger partial charge is 0.277 e. The number of pyridine rings is 1. The molecule has 0 amide bonds. The van der Waals surface area contributed by atoms with Gasteiger partial charge in [-0.1, -0.05) is 13.8 Å². The van der Waals surface area contributed by atoms with Crippen LogP contribution < -0.4 is 5.43 Å². The first-order valence-electron chi connectivity index (χ1n) is 7.87. The molecule has 10 heteroatoms. The van der Waals surface area contributed by atoms with E-state index in [4.69, 9.17) is 0 Å². The summed E-state index contributed by atoms with van der Waals surface area (Å²) in [4.78, 5) is 14.1. The quantitative estimate of drug-likeness (QED) is 0.429. The highest BCUT2D eigenvalue weighted by molar-refractivity contribution is 7.89. The van der Waals surface area contributed by atoms with Crippen molar-refractivity contribution >= 4 is 27.6 Å². The third-order valence-electron chi connectivity index (χ3n) is 3.60. The Labute approximate surface area is 151 Å². The molecule has 0 saturated carbocycles. The zero-order chi connectivity index (χ0) is 19.2. The molecular formula is C16H19N5O4S. The van der Waals surface area contributed by atoms with Gasteiger partial charge in [-0.3, -0.25) is 20.5 Å². The first-order valence-corrected chi connectivity index (χ1v) is 9.31. The van der Waals surface area contributed by atoms with E-state index in [1.807, 2.05) is 0 Å². The normalized spacial score (nSPS) is 11.8. The summed E-state index contributed by atoms with van der Waals surface area (Å²) in [6, 6.07) is 7.06. The molecule has 26 heavy (non-hydrogen) atoms. The van der Waals surface area contributed by atoms with Crippen LogP contribution >= 0.6 is 0 Å². The Morgan fingerprint density at radius 2 is 1.88 bits per heavy atom. The van der Waals surface area contributed by atoms with Crippen LogP contribution in [0.2, 0.25) is 0 Å². The van der Waals surface area contributed by atoms with Crippen LogP contribution in [0.3, 0.4) is 0 Å². The van der Waals surface area contributed by atoms with E-state index in [2.05, 4.69) is 15.5 Å². The van der Waals surface area contributed by atoms with Crippen molar-refractivity contribution in [3.8, 4) is 0 Å². The van der Waals surface area contributed by atoms with E-state index >= 15 is 0 Å². The Kier molecular flexibility index (Phi) is 6.36. The Morgan fingerprint density at radius 3 is 2.46 bits per heavy atom. The predicted molar refractivity (Wildman–Crippen MR) is 98.7 cm³/mol. The van der Waals surface area contributed by atoms with E-state index in [0.29, 0.717) is 0 Å². The molecule has 0 unspecified atom stereocenters. The lowest BCUT2D eigenvalue weighted by molar-refractivity contribution is -0.385. The number of hydrazone groups is 1. The number of nitrogens with one attached hydrogen (secondary N) is 1. The van der Waals surface area contributed by atoms with Crippen molar-refractivity contribution in [2.75, 3.05) is 18.5 Å². The SMILES string of the molecule is CCN(CC)S(=O)(=O)c1cc([N+](=O)[O-])ccc1N/N=C/c1ccncc1. The maximum Gasteiger partial charge on any atom is 0.270 e. The van der Waals surface area contributed by atoms with E-state index in [-0.39, 0.29) is 29.4 Å². The summed E-state index contributed by atoms with van der Waals surface area (Å²) in [5.41, 5.74) is 3.28. The molecule has 138 valence electrons. The zero-order valence-electron chi connectivity index (χ0n) is 14.4.